The van der Waals surface area contributed by atoms with Crippen molar-refractivity contribution in [3.05, 3.63) is 35.4 Å². The van der Waals surface area contributed by atoms with Gasteiger partial charge in [0.2, 0.25) is 5.91 Å². The largest absolute Gasteiger partial charge is 0.357 e. The summed E-state index contributed by atoms with van der Waals surface area (Å²) in [6.45, 7) is 8.66. The number of guanidine groups is 1. The van der Waals surface area contributed by atoms with Crippen molar-refractivity contribution in [2.24, 2.45) is 4.99 Å². The monoisotopic (exact) mass is 330 g/mol. The molecule has 0 aromatic heterocycles. The van der Waals surface area contributed by atoms with E-state index in [2.05, 4.69) is 55.7 Å². The lowest BCUT2D eigenvalue weighted by Crippen LogP contribution is -2.51. The van der Waals surface area contributed by atoms with Crippen LogP contribution in [0.1, 0.15) is 43.7 Å². The molecule has 2 rings (SSSR count). The fourth-order valence-electron chi connectivity index (χ4n) is 2.87. The number of piperidine rings is 1. The van der Waals surface area contributed by atoms with E-state index < -0.39 is 0 Å². The van der Waals surface area contributed by atoms with E-state index in [9.17, 15) is 4.79 Å². The molecule has 0 saturated carbocycles. The first kappa shape index (κ1) is 18.3. The van der Waals surface area contributed by atoms with Crippen molar-refractivity contribution in [2.75, 3.05) is 26.7 Å². The lowest BCUT2D eigenvalue weighted by Gasteiger charge is -2.31. The molecule has 1 aliphatic heterocycles. The number of hydrogen-bond acceptors (Lipinski definition) is 2. The summed E-state index contributed by atoms with van der Waals surface area (Å²) in [6.07, 6.45) is 1.47. The van der Waals surface area contributed by atoms with Gasteiger partial charge < -0.3 is 15.5 Å². The zero-order chi connectivity index (χ0) is 17.5. The zero-order valence-electron chi connectivity index (χ0n) is 15.3. The maximum absolute atomic E-state index is 11.6. The van der Waals surface area contributed by atoms with Crippen LogP contribution in [0.3, 0.4) is 0 Å². The van der Waals surface area contributed by atoms with Crippen LogP contribution >= 0.6 is 0 Å². The first-order valence-corrected chi connectivity index (χ1v) is 8.85. The highest BCUT2D eigenvalue weighted by Crippen LogP contribution is 2.16. The molecule has 2 unspecified atom stereocenters. The van der Waals surface area contributed by atoms with E-state index in [1.54, 1.807) is 4.90 Å². The minimum Gasteiger partial charge on any atom is -0.357 e. The molecule has 0 aliphatic carbocycles. The average Bonchev–Trinajstić information content (AvgIpc) is 2.56. The first-order valence-electron chi connectivity index (χ1n) is 8.85. The van der Waals surface area contributed by atoms with E-state index in [4.69, 9.17) is 4.99 Å². The third-order valence-electron chi connectivity index (χ3n) is 4.48. The van der Waals surface area contributed by atoms with E-state index in [1.807, 2.05) is 7.05 Å². The fraction of sp³-hybridized carbons (Fsp3) is 0.579. The van der Waals surface area contributed by atoms with Crippen molar-refractivity contribution in [1.29, 1.82) is 0 Å². The zero-order valence-corrected chi connectivity index (χ0v) is 15.3. The van der Waals surface area contributed by atoms with Crippen LogP contribution in [-0.2, 0) is 4.79 Å². The fourth-order valence-corrected chi connectivity index (χ4v) is 2.87. The minimum absolute atomic E-state index is 0.225. The second-order valence-electron chi connectivity index (χ2n) is 6.69. The number of aryl methyl sites for hydroxylation is 1. The number of carbonyl (C=O) groups is 1. The summed E-state index contributed by atoms with van der Waals surface area (Å²) in [7, 11) is 1.86. The summed E-state index contributed by atoms with van der Waals surface area (Å²) in [5.74, 6) is 1.43. The quantitative estimate of drug-likeness (QED) is 0.643. The highest BCUT2D eigenvalue weighted by molar-refractivity contribution is 5.81. The standard InChI is InChI=1S/C19H30N4O/c1-5-20-19(22-17-10-11-18(24)23(4)13-17)21-12-15(3)16-8-6-14(2)7-9-16/h6-9,15,17H,5,10-13H2,1-4H3,(H2,20,21,22). The molecule has 1 aromatic carbocycles. The molecule has 24 heavy (non-hydrogen) atoms. The Hall–Kier alpha value is -2.04. The molecule has 132 valence electrons. The van der Waals surface area contributed by atoms with Crippen LogP contribution < -0.4 is 10.6 Å². The van der Waals surface area contributed by atoms with Crippen LogP contribution in [0.2, 0.25) is 0 Å². The van der Waals surface area contributed by atoms with Crippen molar-refractivity contribution in [2.45, 2.75) is 45.6 Å². The molecule has 5 nitrogen and oxygen atoms in total. The highest BCUT2D eigenvalue weighted by atomic mass is 16.2. The maximum atomic E-state index is 11.6. The second kappa shape index (κ2) is 8.71. The SMILES string of the molecule is CCNC(=NCC(C)c1ccc(C)cc1)NC1CCC(=O)N(C)C1. The van der Waals surface area contributed by atoms with Crippen LogP contribution in [0, 0.1) is 6.92 Å². The van der Waals surface area contributed by atoms with Gasteiger partial charge in [-0.25, -0.2) is 0 Å². The Bertz CT molecular complexity index is 567. The Morgan fingerprint density at radius 2 is 2.08 bits per heavy atom. The Balaban J connectivity index is 1.94. The molecule has 1 amide bonds. The van der Waals surface area contributed by atoms with Gasteiger partial charge in [-0.1, -0.05) is 36.8 Å². The summed E-state index contributed by atoms with van der Waals surface area (Å²) in [5, 5.41) is 6.78. The van der Waals surface area contributed by atoms with Gasteiger partial charge in [-0.2, -0.15) is 0 Å². The van der Waals surface area contributed by atoms with Gasteiger partial charge in [-0.05, 0) is 25.8 Å². The number of rotatable bonds is 5. The van der Waals surface area contributed by atoms with E-state index in [0.717, 1.165) is 32.0 Å². The highest BCUT2D eigenvalue weighted by Gasteiger charge is 2.23. The van der Waals surface area contributed by atoms with Gasteiger partial charge in [0.25, 0.3) is 0 Å². The minimum atomic E-state index is 0.225. The van der Waals surface area contributed by atoms with Crippen LogP contribution in [0.25, 0.3) is 0 Å². The molecule has 1 aromatic rings. The normalized spacial score (nSPS) is 20.0. The number of nitrogens with one attached hydrogen (secondary N) is 2. The van der Waals surface area contributed by atoms with Crippen molar-refractivity contribution in [3.8, 4) is 0 Å². The molecular weight excluding hydrogens is 300 g/mol. The number of likely N-dealkylation sites (N-methyl/N-ethyl adjacent to an activating group) is 1. The van der Waals surface area contributed by atoms with E-state index in [-0.39, 0.29) is 11.9 Å². The number of likely N-dealkylation sites (tertiary alicyclic amines) is 1. The van der Waals surface area contributed by atoms with E-state index >= 15 is 0 Å². The summed E-state index contributed by atoms with van der Waals surface area (Å²) in [5.41, 5.74) is 2.59. The smallest absolute Gasteiger partial charge is 0.222 e. The van der Waals surface area contributed by atoms with Gasteiger partial charge in [-0.15, -0.1) is 0 Å². The molecule has 1 aliphatic rings. The number of nitrogens with zero attached hydrogens (tertiary/aromatic N) is 2. The van der Waals surface area contributed by atoms with Gasteiger partial charge in [0.15, 0.2) is 5.96 Å². The van der Waals surface area contributed by atoms with Crippen LogP contribution in [-0.4, -0.2) is 49.5 Å². The Labute approximate surface area is 145 Å². The molecule has 0 bridgehead atoms. The Morgan fingerprint density at radius 3 is 2.71 bits per heavy atom. The van der Waals surface area contributed by atoms with Gasteiger partial charge in [-0.3, -0.25) is 9.79 Å². The summed E-state index contributed by atoms with van der Waals surface area (Å²) >= 11 is 0. The third kappa shape index (κ3) is 5.25. The molecular formula is C19H30N4O. The van der Waals surface area contributed by atoms with Crippen molar-refractivity contribution in [3.63, 3.8) is 0 Å². The van der Waals surface area contributed by atoms with E-state index in [1.165, 1.54) is 11.1 Å². The number of hydrogen-bond donors (Lipinski definition) is 2. The van der Waals surface area contributed by atoms with Crippen LogP contribution in [0.15, 0.2) is 29.3 Å². The average molecular weight is 330 g/mol. The van der Waals surface area contributed by atoms with Crippen LogP contribution in [0.5, 0.6) is 0 Å². The number of aliphatic imine (C=N–C) groups is 1. The first-order chi connectivity index (χ1) is 11.5. The van der Waals surface area contributed by atoms with Crippen LogP contribution in [0.4, 0.5) is 0 Å². The van der Waals surface area contributed by atoms with E-state index in [0.29, 0.717) is 12.3 Å². The van der Waals surface area contributed by atoms with Gasteiger partial charge >= 0.3 is 0 Å². The van der Waals surface area contributed by atoms with Gasteiger partial charge in [0.05, 0.1) is 0 Å². The van der Waals surface area contributed by atoms with Crippen molar-refractivity contribution >= 4 is 11.9 Å². The molecule has 0 spiro atoms. The molecule has 0 radical (unpaired) electrons. The predicted molar refractivity (Wildman–Crippen MR) is 99.4 cm³/mol. The molecule has 2 atom stereocenters. The predicted octanol–water partition coefficient (Wildman–Crippen LogP) is 2.27. The van der Waals surface area contributed by atoms with Gasteiger partial charge in [0.1, 0.15) is 0 Å². The summed E-state index contributed by atoms with van der Waals surface area (Å²) in [4.78, 5) is 18.1. The number of carbonyl (C=O) groups excluding carboxylic acids is 1. The Morgan fingerprint density at radius 1 is 1.38 bits per heavy atom. The molecule has 5 heteroatoms. The van der Waals surface area contributed by atoms with Gasteiger partial charge in [0, 0.05) is 45.1 Å². The molecule has 1 saturated heterocycles. The molecule has 1 heterocycles. The molecule has 2 N–H and O–H groups in total. The lowest BCUT2D eigenvalue weighted by molar-refractivity contribution is -0.132. The topological polar surface area (TPSA) is 56.7 Å². The Kier molecular flexibility index (Phi) is 6.64. The lowest BCUT2D eigenvalue weighted by atomic mass is 10.0. The van der Waals surface area contributed by atoms with Crippen molar-refractivity contribution in [1.82, 2.24) is 15.5 Å². The number of benzene rings is 1. The number of amides is 1. The summed E-state index contributed by atoms with van der Waals surface area (Å²) < 4.78 is 0. The second-order valence-corrected chi connectivity index (χ2v) is 6.69. The third-order valence-corrected chi connectivity index (χ3v) is 4.48. The summed E-state index contributed by atoms with van der Waals surface area (Å²) in [6, 6.07) is 8.91. The maximum Gasteiger partial charge on any atom is 0.222 e. The van der Waals surface area contributed by atoms with Crippen molar-refractivity contribution < 1.29 is 4.79 Å². The molecule has 1 fully saturated rings.